The van der Waals surface area contributed by atoms with Gasteiger partial charge in [-0.15, -0.1) is 0 Å². The van der Waals surface area contributed by atoms with Crippen LogP contribution >= 0.6 is 0 Å². The molecule has 7 heteroatoms. The van der Waals surface area contributed by atoms with Crippen molar-refractivity contribution in [2.45, 2.75) is 32.6 Å². The molecule has 0 spiro atoms. The van der Waals surface area contributed by atoms with Gasteiger partial charge in [0.15, 0.2) is 12.4 Å². The minimum Gasteiger partial charge on any atom is -0.477 e. The molecule has 1 amide bonds. The lowest BCUT2D eigenvalue weighted by Gasteiger charge is -2.18. The fraction of sp³-hybridized carbons (Fsp3) is 0.467. The van der Waals surface area contributed by atoms with Gasteiger partial charge < -0.3 is 4.74 Å². The molecule has 1 N–H and O–H groups in total. The van der Waals surface area contributed by atoms with Crippen LogP contribution in [0.1, 0.15) is 32.6 Å². The van der Waals surface area contributed by atoms with E-state index >= 15 is 0 Å². The number of para-hydroxylation sites is 2. The summed E-state index contributed by atoms with van der Waals surface area (Å²) in [5.41, 5.74) is 3.27. The van der Waals surface area contributed by atoms with E-state index < -0.39 is 10.8 Å². The molecule has 1 aliphatic rings. The minimum atomic E-state index is -0.545. The fourth-order valence-electron chi connectivity index (χ4n) is 2.41. The topological polar surface area (TPSA) is 93.8 Å². The molecule has 1 aromatic rings. The number of nitro benzene ring substituents is 1. The molecule has 1 aliphatic carbocycles. The normalized spacial score (nSPS) is 19.7. The first-order valence-corrected chi connectivity index (χ1v) is 7.26. The van der Waals surface area contributed by atoms with E-state index in [0.29, 0.717) is 5.92 Å². The molecule has 2 rings (SSSR count). The van der Waals surface area contributed by atoms with Crippen LogP contribution in [-0.2, 0) is 4.79 Å². The maximum absolute atomic E-state index is 11.7. The van der Waals surface area contributed by atoms with Gasteiger partial charge in [0.25, 0.3) is 5.91 Å². The molecule has 22 heavy (non-hydrogen) atoms. The highest BCUT2D eigenvalue weighted by Gasteiger charge is 2.16. The zero-order chi connectivity index (χ0) is 15.9. The van der Waals surface area contributed by atoms with Crippen molar-refractivity contribution in [1.29, 1.82) is 0 Å². The van der Waals surface area contributed by atoms with Gasteiger partial charge in [-0.05, 0) is 37.7 Å². The van der Waals surface area contributed by atoms with E-state index in [1.165, 1.54) is 18.6 Å². The highest BCUT2D eigenvalue weighted by Crippen LogP contribution is 2.25. The summed E-state index contributed by atoms with van der Waals surface area (Å²) >= 11 is 0. The first-order valence-electron chi connectivity index (χ1n) is 7.26. The first-order chi connectivity index (χ1) is 10.6. The number of carbonyl (C=O) groups is 1. The fourth-order valence-corrected chi connectivity index (χ4v) is 2.41. The molecular weight excluding hydrogens is 286 g/mol. The molecule has 0 aromatic heterocycles. The van der Waals surface area contributed by atoms with E-state index in [4.69, 9.17) is 4.74 Å². The number of ether oxygens (including phenoxy) is 1. The number of hydrogen-bond acceptors (Lipinski definition) is 5. The average Bonchev–Trinajstić information content (AvgIpc) is 2.51. The van der Waals surface area contributed by atoms with Crippen molar-refractivity contribution < 1.29 is 14.5 Å². The number of amides is 1. The molecule has 0 heterocycles. The Balaban J connectivity index is 1.86. The quantitative estimate of drug-likeness (QED) is 0.668. The third-order valence-corrected chi connectivity index (χ3v) is 3.51. The summed E-state index contributed by atoms with van der Waals surface area (Å²) in [7, 11) is 0. The van der Waals surface area contributed by atoms with Gasteiger partial charge >= 0.3 is 5.69 Å². The van der Waals surface area contributed by atoms with Crippen molar-refractivity contribution >= 4 is 17.3 Å². The van der Waals surface area contributed by atoms with Gasteiger partial charge in [-0.1, -0.05) is 19.1 Å². The summed E-state index contributed by atoms with van der Waals surface area (Å²) in [6.45, 7) is 1.85. The number of nitrogens with zero attached hydrogens (tertiary/aromatic N) is 2. The van der Waals surface area contributed by atoms with Crippen LogP contribution in [-0.4, -0.2) is 23.1 Å². The number of nitro groups is 1. The van der Waals surface area contributed by atoms with Crippen molar-refractivity contribution in [2.24, 2.45) is 11.0 Å². The molecule has 1 fully saturated rings. The van der Waals surface area contributed by atoms with Gasteiger partial charge in [-0.25, -0.2) is 5.43 Å². The molecule has 118 valence electrons. The highest BCUT2D eigenvalue weighted by atomic mass is 16.6. The Morgan fingerprint density at radius 1 is 1.50 bits per heavy atom. The minimum absolute atomic E-state index is 0.0709. The van der Waals surface area contributed by atoms with Gasteiger partial charge in [-0.3, -0.25) is 14.9 Å². The van der Waals surface area contributed by atoms with Crippen LogP contribution in [0, 0.1) is 16.0 Å². The molecular formula is C15H19N3O4. The second kappa shape index (κ2) is 7.53. The molecule has 0 radical (unpaired) electrons. The molecule has 0 saturated heterocycles. The van der Waals surface area contributed by atoms with Gasteiger partial charge in [0.2, 0.25) is 0 Å². The van der Waals surface area contributed by atoms with Crippen molar-refractivity contribution in [3.8, 4) is 5.75 Å². The molecule has 7 nitrogen and oxygen atoms in total. The Hall–Kier alpha value is -2.44. The number of benzene rings is 1. The van der Waals surface area contributed by atoms with Crippen molar-refractivity contribution in [1.82, 2.24) is 5.43 Å². The number of hydrazone groups is 1. The zero-order valence-electron chi connectivity index (χ0n) is 12.4. The Bertz CT molecular complexity index is 586. The Morgan fingerprint density at radius 2 is 2.27 bits per heavy atom. The summed E-state index contributed by atoms with van der Waals surface area (Å²) in [6.07, 6.45) is 4.07. The maximum atomic E-state index is 11.7. The lowest BCUT2D eigenvalue weighted by atomic mass is 9.89. The third kappa shape index (κ3) is 4.54. The van der Waals surface area contributed by atoms with Crippen LogP contribution in [0.25, 0.3) is 0 Å². The number of rotatable bonds is 5. The molecule has 1 aromatic carbocycles. The SMILES string of the molecule is C[C@H]1CCC/C(=N/NC(=O)COc2ccccc2[N+](=O)[O-])C1. The molecule has 1 saturated carbocycles. The lowest BCUT2D eigenvalue weighted by molar-refractivity contribution is -0.385. The summed E-state index contributed by atoms with van der Waals surface area (Å²) in [4.78, 5) is 22.0. The van der Waals surface area contributed by atoms with E-state index in [0.717, 1.165) is 25.0 Å². The maximum Gasteiger partial charge on any atom is 0.310 e. The number of carbonyl (C=O) groups excluding carboxylic acids is 1. The second-order valence-electron chi connectivity index (χ2n) is 5.43. The van der Waals surface area contributed by atoms with Gasteiger partial charge in [0.05, 0.1) is 4.92 Å². The predicted molar refractivity (Wildman–Crippen MR) is 81.8 cm³/mol. The Kier molecular flexibility index (Phi) is 5.46. The van der Waals surface area contributed by atoms with E-state index in [2.05, 4.69) is 17.5 Å². The molecule has 0 unspecified atom stereocenters. The van der Waals surface area contributed by atoms with Crippen LogP contribution in [0.2, 0.25) is 0 Å². The van der Waals surface area contributed by atoms with Crippen molar-refractivity contribution in [2.75, 3.05) is 6.61 Å². The van der Waals surface area contributed by atoms with Crippen LogP contribution in [0.5, 0.6) is 5.75 Å². The Labute approximate surface area is 128 Å². The smallest absolute Gasteiger partial charge is 0.310 e. The zero-order valence-corrected chi connectivity index (χ0v) is 12.4. The van der Waals surface area contributed by atoms with Gasteiger partial charge in [-0.2, -0.15) is 5.10 Å². The van der Waals surface area contributed by atoms with Gasteiger partial charge in [0.1, 0.15) is 0 Å². The average molecular weight is 305 g/mol. The standard InChI is InChI=1S/C15H19N3O4/c1-11-5-4-6-12(9-11)16-17-15(19)10-22-14-8-3-2-7-13(14)18(20)21/h2-3,7-8,11H,4-6,9-10H2,1H3,(H,17,19)/b16-12-/t11-/m0/s1. The predicted octanol–water partition coefficient (Wildman–Crippen LogP) is 2.66. The number of hydrogen-bond donors (Lipinski definition) is 1. The van der Waals surface area contributed by atoms with Crippen molar-refractivity contribution in [3.63, 3.8) is 0 Å². The summed E-state index contributed by atoms with van der Waals surface area (Å²) in [5, 5.41) is 14.9. The molecule has 0 aliphatic heterocycles. The van der Waals surface area contributed by atoms with Crippen LogP contribution < -0.4 is 10.2 Å². The second-order valence-corrected chi connectivity index (χ2v) is 5.43. The monoisotopic (exact) mass is 305 g/mol. The van der Waals surface area contributed by atoms with Gasteiger partial charge in [0, 0.05) is 11.8 Å². The number of nitrogens with one attached hydrogen (secondary N) is 1. The van der Waals surface area contributed by atoms with Crippen LogP contribution in [0.3, 0.4) is 0 Å². The summed E-state index contributed by atoms with van der Waals surface area (Å²) < 4.78 is 5.20. The first kappa shape index (κ1) is 15.9. The third-order valence-electron chi connectivity index (χ3n) is 3.51. The van der Waals surface area contributed by atoms with E-state index in [1.54, 1.807) is 12.1 Å². The molecule has 0 bridgehead atoms. The van der Waals surface area contributed by atoms with E-state index in [-0.39, 0.29) is 18.0 Å². The highest BCUT2D eigenvalue weighted by molar-refractivity contribution is 5.87. The summed E-state index contributed by atoms with van der Waals surface area (Å²) in [5.74, 6) is 0.234. The lowest BCUT2D eigenvalue weighted by Crippen LogP contribution is -2.27. The molecule has 1 atom stereocenters. The Morgan fingerprint density at radius 3 is 3.00 bits per heavy atom. The summed E-state index contributed by atoms with van der Waals surface area (Å²) in [6, 6.07) is 5.95. The van der Waals surface area contributed by atoms with Crippen molar-refractivity contribution in [3.05, 3.63) is 34.4 Å². The van der Waals surface area contributed by atoms with E-state index in [9.17, 15) is 14.9 Å². The van der Waals surface area contributed by atoms with Crippen LogP contribution in [0.15, 0.2) is 29.4 Å². The largest absolute Gasteiger partial charge is 0.477 e. The van der Waals surface area contributed by atoms with E-state index in [1.807, 2.05) is 0 Å². The van der Waals surface area contributed by atoms with Crippen LogP contribution in [0.4, 0.5) is 5.69 Å².